The van der Waals surface area contributed by atoms with E-state index in [-0.39, 0.29) is 11.7 Å². The lowest BCUT2D eigenvalue weighted by Gasteiger charge is -2.22. The summed E-state index contributed by atoms with van der Waals surface area (Å²) in [4.78, 5) is 20.2. The quantitative estimate of drug-likeness (QED) is 0.752. The molecule has 0 amide bonds. The molecule has 1 spiro atoms. The summed E-state index contributed by atoms with van der Waals surface area (Å²) in [7, 11) is 0. The van der Waals surface area contributed by atoms with E-state index in [9.17, 15) is 4.79 Å². The Balaban J connectivity index is 1.74. The number of hydrogen-bond donors (Lipinski definition) is 1. The second-order valence-electron chi connectivity index (χ2n) is 4.82. The van der Waals surface area contributed by atoms with Crippen LogP contribution in [0.25, 0.3) is 0 Å². The first kappa shape index (κ1) is 9.90. The van der Waals surface area contributed by atoms with Crippen molar-refractivity contribution in [1.29, 1.82) is 0 Å². The number of nitrogens with zero attached hydrogens (tertiary/aromatic N) is 2. The molecule has 3 rings (SSSR count). The number of aromatic nitrogens is 2. The number of Topliss-reactive ketones (excluding diaryl/α,β-unsaturated/α-hetero) is 1. The van der Waals surface area contributed by atoms with Crippen molar-refractivity contribution in [2.45, 2.75) is 19.3 Å². The van der Waals surface area contributed by atoms with Gasteiger partial charge in [0.15, 0.2) is 5.78 Å². The molecular formula is C12H15N3O. The number of carbonyl (C=O) groups excluding carboxylic acids is 1. The first-order chi connectivity index (χ1) is 7.82. The minimum atomic E-state index is 0.190. The van der Waals surface area contributed by atoms with E-state index in [0.29, 0.717) is 11.1 Å². The van der Waals surface area contributed by atoms with Crippen molar-refractivity contribution in [2.24, 2.45) is 11.3 Å². The van der Waals surface area contributed by atoms with E-state index >= 15 is 0 Å². The topological polar surface area (TPSA) is 54.9 Å². The zero-order chi connectivity index (χ0) is 11.0. The van der Waals surface area contributed by atoms with Crippen LogP contribution in [-0.4, -0.2) is 28.8 Å². The number of rotatable bonds is 2. The highest BCUT2D eigenvalue weighted by atomic mass is 16.1. The average Bonchev–Trinajstić information content (AvgIpc) is 3.04. The Kier molecular flexibility index (Phi) is 2.24. The molecule has 2 fully saturated rings. The van der Waals surface area contributed by atoms with Crippen LogP contribution in [0.5, 0.6) is 0 Å². The Morgan fingerprint density at radius 3 is 2.88 bits per heavy atom. The van der Waals surface area contributed by atoms with E-state index in [0.717, 1.165) is 32.4 Å². The first-order valence-electron chi connectivity index (χ1n) is 5.83. The lowest BCUT2D eigenvalue weighted by molar-refractivity contribution is 0.0935. The molecule has 84 valence electrons. The van der Waals surface area contributed by atoms with E-state index in [2.05, 4.69) is 15.3 Å². The highest BCUT2D eigenvalue weighted by molar-refractivity contribution is 5.98. The maximum Gasteiger partial charge on any atom is 0.186 e. The van der Waals surface area contributed by atoms with Crippen molar-refractivity contribution in [1.82, 2.24) is 15.3 Å². The lowest BCUT2D eigenvalue weighted by Crippen LogP contribution is -2.30. The standard InChI is InChI=1S/C12H15N3O/c16-11(10-8-14-5-6-15-10)9-7-12(9)1-3-13-4-2-12/h5-6,8-9,13H,1-4,7H2. The summed E-state index contributed by atoms with van der Waals surface area (Å²) in [6.45, 7) is 2.09. The second-order valence-corrected chi connectivity index (χ2v) is 4.82. The van der Waals surface area contributed by atoms with Crippen LogP contribution >= 0.6 is 0 Å². The second kappa shape index (κ2) is 3.63. The van der Waals surface area contributed by atoms with Crippen molar-refractivity contribution in [3.8, 4) is 0 Å². The third-order valence-corrected chi connectivity index (χ3v) is 3.92. The summed E-state index contributed by atoms with van der Waals surface area (Å²) >= 11 is 0. The van der Waals surface area contributed by atoms with E-state index in [1.807, 2.05) is 0 Å². The average molecular weight is 217 g/mol. The summed E-state index contributed by atoms with van der Waals surface area (Å²) in [6.07, 6.45) is 8.07. The van der Waals surface area contributed by atoms with E-state index < -0.39 is 0 Å². The van der Waals surface area contributed by atoms with Crippen LogP contribution in [0.15, 0.2) is 18.6 Å². The van der Waals surface area contributed by atoms with Gasteiger partial charge in [-0.25, -0.2) is 4.98 Å². The lowest BCUT2D eigenvalue weighted by atomic mass is 9.90. The molecule has 2 aliphatic rings. The Morgan fingerprint density at radius 2 is 2.19 bits per heavy atom. The fourth-order valence-corrected chi connectivity index (χ4v) is 2.80. The minimum Gasteiger partial charge on any atom is -0.317 e. The number of nitrogens with one attached hydrogen (secondary N) is 1. The summed E-state index contributed by atoms with van der Waals surface area (Å²) in [6, 6.07) is 0. The molecule has 1 aromatic heterocycles. The van der Waals surface area contributed by atoms with Crippen LogP contribution in [0.3, 0.4) is 0 Å². The molecule has 1 aromatic rings. The van der Waals surface area contributed by atoms with Crippen LogP contribution < -0.4 is 5.32 Å². The minimum absolute atomic E-state index is 0.190. The van der Waals surface area contributed by atoms with Gasteiger partial charge in [0.1, 0.15) is 5.69 Å². The molecule has 0 radical (unpaired) electrons. The van der Waals surface area contributed by atoms with Crippen molar-refractivity contribution in [2.75, 3.05) is 13.1 Å². The van der Waals surface area contributed by atoms with E-state index in [4.69, 9.17) is 0 Å². The molecule has 16 heavy (non-hydrogen) atoms. The van der Waals surface area contributed by atoms with Gasteiger partial charge in [-0.1, -0.05) is 0 Å². The number of ketones is 1. The van der Waals surface area contributed by atoms with E-state index in [1.165, 1.54) is 0 Å². The predicted octanol–water partition coefficient (Wildman–Crippen LogP) is 1.05. The molecule has 0 aromatic carbocycles. The molecule has 1 unspecified atom stereocenters. The van der Waals surface area contributed by atoms with E-state index in [1.54, 1.807) is 18.6 Å². The summed E-state index contributed by atoms with van der Waals surface area (Å²) < 4.78 is 0. The summed E-state index contributed by atoms with van der Waals surface area (Å²) in [5.41, 5.74) is 0.822. The van der Waals surface area contributed by atoms with Crippen molar-refractivity contribution < 1.29 is 4.79 Å². The zero-order valence-corrected chi connectivity index (χ0v) is 9.15. The molecular weight excluding hydrogens is 202 g/mol. The van der Waals surface area contributed by atoms with Gasteiger partial charge in [-0.3, -0.25) is 9.78 Å². The van der Waals surface area contributed by atoms with Crippen LogP contribution in [0.1, 0.15) is 29.8 Å². The molecule has 1 aliphatic carbocycles. The molecule has 1 saturated heterocycles. The third kappa shape index (κ3) is 1.53. The molecule has 4 nitrogen and oxygen atoms in total. The van der Waals surface area contributed by atoms with Crippen molar-refractivity contribution in [3.05, 3.63) is 24.3 Å². The van der Waals surface area contributed by atoms with Gasteiger partial charge in [0.2, 0.25) is 0 Å². The fraction of sp³-hybridized carbons (Fsp3) is 0.583. The SMILES string of the molecule is O=C(c1cnccn1)C1CC12CCNCC2. The Morgan fingerprint density at radius 1 is 1.38 bits per heavy atom. The molecule has 1 atom stereocenters. The normalized spacial score (nSPS) is 26.6. The summed E-state index contributed by atoms with van der Waals surface area (Å²) in [5.74, 6) is 0.390. The number of hydrogen-bond acceptors (Lipinski definition) is 4. The molecule has 1 N–H and O–H groups in total. The smallest absolute Gasteiger partial charge is 0.186 e. The van der Waals surface area contributed by atoms with Crippen molar-refractivity contribution in [3.63, 3.8) is 0 Å². The van der Waals surface area contributed by atoms with Gasteiger partial charge in [0.05, 0.1) is 6.20 Å². The number of carbonyl (C=O) groups is 1. The van der Waals surface area contributed by atoms with Crippen LogP contribution in [-0.2, 0) is 0 Å². The molecule has 2 heterocycles. The van der Waals surface area contributed by atoms with Gasteiger partial charge >= 0.3 is 0 Å². The third-order valence-electron chi connectivity index (χ3n) is 3.92. The van der Waals surface area contributed by atoms with Crippen LogP contribution in [0, 0.1) is 11.3 Å². The Bertz CT molecular complexity index is 398. The monoisotopic (exact) mass is 217 g/mol. The van der Waals surface area contributed by atoms with Crippen LogP contribution in [0.4, 0.5) is 0 Å². The summed E-state index contributed by atoms with van der Waals surface area (Å²) in [5, 5.41) is 3.34. The van der Waals surface area contributed by atoms with Gasteiger partial charge in [-0.2, -0.15) is 0 Å². The zero-order valence-electron chi connectivity index (χ0n) is 9.15. The van der Waals surface area contributed by atoms with Gasteiger partial charge in [-0.15, -0.1) is 0 Å². The highest BCUT2D eigenvalue weighted by Gasteiger charge is 2.57. The first-order valence-corrected chi connectivity index (χ1v) is 5.83. The van der Waals surface area contributed by atoms with Gasteiger partial charge < -0.3 is 5.32 Å². The maximum atomic E-state index is 12.2. The van der Waals surface area contributed by atoms with Gasteiger partial charge in [-0.05, 0) is 37.8 Å². The molecule has 0 bridgehead atoms. The van der Waals surface area contributed by atoms with Crippen molar-refractivity contribution >= 4 is 5.78 Å². The largest absolute Gasteiger partial charge is 0.317 e. The molecule has 1 saturated carbocycles. The Labute approximate surface area is 94.5 Å². The molecule has 4 heteroatoms. The highest BCUT2D eigenvalue weighted by Crippen LogP contribution is 2.59. The Hall–Kier alpha value is -1.29. The maximum absolute atomic E-state index is 12.2. The number of piperidine rings is 1. The van der Waals surface area contributed by atoms with Gasteiger partial charge in [0.25, 0.3) is 0 Å². The molecule has 1 aliphatic heterocycles. The predicted molar refractivity (Wildman–Crippen MR) is 59.0 cm³/mol. The van der Waals surface area contributed by atoms with Gasteiger partial charge in [0, 0.05) is 18.3 Å². The fourth-order valence-electron chi connectivity index (χ4n) is 2.80. The van der Waals surface area contributed by atoms with Crippen LogP contribution in [0.2, 0.25) is 0 Å².